The van der Waals surface area contributed by atoms with Crippen molar-refractivity contribution in [3.05, 3.63) is 116 Å². The van der Waals surface area contributed by atoms with Gasteiger partial charge in [-0.15, -0.1) is 0 Å². The van der Waals surface area contributed by atoms with Gasteiger partial charge < -0.3 is 0 Å². The van der Waals surface area contributed by atoms with Gasteiger partial charge in [-0.05, 0) is 62.2 Å². The van der Waals surface area contributed by atoms with Crippen molar-refractivity contribution in [1.29, 1.82) is 0 Å². The molecule has 1 aliphatic carbocycles. The molecule has 0 heterocycles. The summed E-state index contributed by atoms with van der Waals surface area (Å²) in [5, 5.41) is 0. The van der Waals surface area contributed by atoms with Crippen molar-refractivity contribution >= 4 is 39.3 Å². The number of hydrogen-bond acceptors (Lipinski definition) is 4. The lowest BCUT2D eigenvalue weighted by Gasteiger charge is -2.28. The van der Waals surface area contributed by atoms with Crippen LogP contribution in [-0.4, -0.2) is 28.3 Å². The third-order valence-electron chi connectivity index (χ3n) is 6.66. The first-order valence-electron chi connectivity index (χ1n) is 12.4. The van der Waals surface area contributed by atoms with Crippen LogP contribution in [0.1, 0.15) is 94.1 Å². The van der Waals surface area contributed by atoms with Crippen LogP contribution in [0.3, 0.4) is 0 Å². The second-order valence-corrected chi connectivity index (χ2v) is 12.3. The van der Waals surface area contributed by atoms with Crippen LogP contribution in [0.5, 0.6) is 0 Å². The molecule has 4 rings (SSSR count). The highest BCUT2D eigenvalue weighted by atomic mass is 79.9. The number of imide groups is 1. The van der Waals surface area contributed by atoms with Gasteiger partial charge in [-0.25, -0.2) is 4.90 Å². The Hall–Kier alpha value is -3.64. The van der Waals surface area contributed by atoms with Gasteiger partial charge in [0.05, 0.1) is 4.48 Å². The van der Waals surface area contributed by atoms with Gasteiger partial charge in [-0.1, -0.05) is 90.1 Å². The van der Waals surface area contributed by atoms with E-state index in [0.29, 0.717) is 0 Å². The largest absolute Gasteiger partial charge is 0.288 e. The fraction of sp³-hybridized carbons (Fsp3) is 0.250. The Labute approximate surface area is 231 Å². The minimum absolute atomic E-state index is 0.125. The number of allylic oxidation sites excluding steroid dienone is 2. The quantitative estimate of drug-likeness (QED) is 0.310. The van der Waals surface area contributed by atoms with Gasteiger partial charge >= 0.3 is 0 Å². The second-order valence-electron chi connectivity index (χ2n) is 11.5. The number of carbonyl (C=O) groups is 4. The molecular formula is C32H30BrNO4. The summed E-state index contributed by atoms with van der Waals surface area (Å²) in [5.41, 5.74) is 2.30. The molecule has 0 N–H and O–H groups in total. The zero-order valence-corrected chi connectivity index (χ0v) is 24.0. The molecule has 2 amide bonds. The minimum Gasteiger partial charge on any atom is -0.288 e. The SMILES string of the molecule is CC(C)(C)c1ccc(C(=O)N(C(=O)c2ccc(C(C)(C)C)cc2)C2=C(Br)C(=O)c3ccccc3C2=O)cc1. The molecule has 0 saturated heterocycles. The first kappa shape index (κ1) is 27.4. The highest BCUT2D eigenvalue weighted by Gasteiger charge is 2.40. The van der Waals surface area contributed by atoms with Crippen molar-refractivity contribution in [1.82, 2.24) is 4.90 Å². The standard InChI is InChI=1S/C32H30BrNO4/c1-31(2,3)21-15-11-19(12-16-21)29(37)34(30(38)20-13-17-22(18-14-20)32(4,5)6)26-25(33)27(35)23-9-7-8-10-24(23)28(26)36/h7-18H,1-6H3. The smallest absolute Gasteiger partial charge is 0.265 e. The van der Waals surface area contributed by atoms with E-state index < -0.39 is 23.4 Å². The lowest BCUT2D eigenvalue weighted by molar-refractivity contribution is 0.0642. The lowest BCUT2D eigenvalue weighted by Crippen LogP contribution is -2.41. The number of amides is 2. The van der Waals surface area contributed by atoms with Crippen LogP contribution in [0, 0.1) is 0 Å². The first-order chi connectivity index (χ1) is 17.7. The van der Waals surface area contributed by atoms with Crippen molar-refractivity contribution in [3.63, 3.8) is 0 Å². The van der Waals surface area contributed by atoms with Gasteiger partial charge in [0, 0.05) is 22.3 Å². The van der Waals surface area contributed by atoms with E-state index >= 15 is 0 Å². The van der Waals surface area contributed by atoms with E-state index in [9.17, 15) is 19.2 Å². The van der Waals surface area contributed by atoms with Crippen LogP contribution in [0.4, 0.5) is 0 Å². The molecule has 3 aromatic carbocycles. The number of benzene rings is 3. The summed E-state index contributed by atoms with van der Waals surface area (Å²) in [6.07, 6.45) is 0. The van der Waals surface area contributed by atoms with Crippen LogP contribution >= 0.6 is 15.9 Å². The molecule has 1 aliphatic rings. The van der Waals surface area contributed by atoms with Crippen molar-refractivity contribution in [2.75, 3.05) is 0 Å². The number of nitrogens with zero attached hydrogens (tertiary/aromatic N) is 1. The highest BCUT2D eigenvalue weighted by Crippen LogP contribution is 2.34. The third kappa shape index (κ3) is 5.05. The van der Waals surface area contributed by atoms with Gasteiger partial charge in [-0.2, -0.15) is 0 Å². The number of ketones is 2. The Kier molecular flexibility index (Phi) is 7.15. The second kappa shape index (κ2) is 9.91. The summed E-state index contributed by atoms with van der Waals surface area (Å²) < 4.78 is -0.125. The zero-order chi connectivity index (χ0) is 28.0. The lowest BCUT2D eigenvalue weighted by atomic mass is 9.86. The van der Waals surface area contributed by atoms with Crippen molar-refractivity contribution in [3.8, 4) is 0 Å². The van der Waals surface area contributed by atoms with Crippen molar-refractivity contribution in [2.24, 2.45) is 0 Å². The summed E-state index contributed by atoms with van der Waals surface area (Å²) >= 11 is 3.25. The van der Waals surface area contributed by atoms with Crippen LogP contribution < -0.4 is 0 Å². The molecule has 0 spiro atoms. The number of fused-ring (bicyclic) bond motifs is 1. The van der Waals surface area contributed by atoms with Crippen LogP contribution in [0.25, 0.3) is 0 Å². The molecule has 38 heavy (non-hydrogen) atoms. The van der Waals surface area contributed by atoms with E-state index in [1.165, 1.54) is 6.07 Å². The molecule has 0 bridgehead atoms. The van der Waals surface area contributed by atoms with Gasteiger partial charge in [0.15, 0.2) is 0 Å². The Bertz CT molecular complexity index is 1410. The molecule has 3 aromatic rings. The molecule has 0 atom stereocenters. The number of carbonyl (C=O) groups excluding carboxylic acids is 4. The summed E-state index contributed by atoms with van der Waals surface area (Å²) in [7, 11) is 0. The van der Waals surface area contributed by atoms with E-state index in [0.717, 1.165) is 16.0 Å². The Balaban J connectivity index is 1.86. The molecule has 0 aliphatic heterocycles. The number of Topliss-reactive ketones (excluding diaryl/α,β-unsaturated/α-hetero) is 2. The maximum absolute atomic E-state index is 13.9. The van der Waals surface area contributed by atoms with E-state index in [2.05, 4.69) is 57.5 Å². The molecule has 6 heteroatoms. The van der Waals surface area contributed by atoms with Gasteiger partial charge in [0.2, 0.25) is 11.6 Å². The summed E-state index contributed by atoms with van der Waals surface area (Å²) in [5.74, 6) is -2.43. The number of hydrogen-bond donors (Lipinski definition) is 0. The summed E-state index contributed by atoms with van der Waals surface area (Å²) in [4.78, 5) is 55.6. The zero-order valence-electron chi connectivity index (χ0n) is 22.4. The predicted octanol–water partition coefficient (Wildman–Crippen LogP) is 7.25. The molecule has 0 unspecified atom stereocenters. The Morgan fingerprint density at radius 3 is 1.34 bits per heavy atom. The maximum Gasteiger partial charge on any atom is 0.265 e. The van der Waals surface area contributed by atoms with Gasteiger partial charge in [-0.3, -0.25) is 19.2 Å². The molecular weight excluding hydrogens is 542 g/mol. The van der Waals surface area contributed by atoms with Gasteiger partial charge in [0.1, 0.15) is 5.70 Å². The predicted molar refractivity (Wildman–Crippen MR) is 152 cm³/mol. The van der Waals surface area contributed by atoms with E-state index in [1.807, 2.05) is 24.3 Å². The van der Waals surface area contributed by atoms with Crippen LogP contribution in [0.15, 0.2) is 83.0 Å². The molecule has 194 valence electrons. The fourth-order valence-corrected chi connectivity index (χ4v) is 4.88. The molecule has 0 saturated carbocycles. The third-order valence-corrected chi connectivity index (χ3v) is 7.40. The van der Waals surface area contributed by atoms with Crippen LogP contribution in [-0.2, 0) is 10.8 Å². The monoisotopic (exact) mass is 571 g/mol. The average Bonchev–Trinajstić information content (AvgIpc) is 2.88. The number of halogens is 1. The summed E-state index contributed by atoms with van der Waals surface area (Å²) in [6.45, 7) is 12.4. The number of rotatable bonds is 3. The summed E-state index contributed by atoms with van der Waals surface area (Å²) in [6, 6.07) is 20.3. The highest BCUT2D eigenvalue weighted by molar-refractivity contribution is 9.12. The van der Waals surface area contributed by atoms with Crippen molar-refractivity contribution < 1.29 is 19.2 Å². The molecule has 0 aromatic heterocycles. The Morgan fingerprint density at radius 2 is 0.974 bits per heavy atom. The molecule has 0 fully saturated rings. The van der Waals surface area contributed by atoms with E-state index in [4.69, 9.17) is 0 Å². The minimum atomic E-state index is -0.692. The first-order valence-corrected chi connectivity index (χ1v) is 13.2. The molecule has 0 radical (unpaired) electrons. The molecule has 5 nitrogen and oxygen atoms in total. The average molecular weight is 572 g/mol. The van der Waals surface area contributed by atoms with E-state index in [1.54, 1.807) is 42.5 Å². The maximum atomic E-state index is 13.9. The van der Waals surface area contributed by atoms with Gasteiger partial charge in [0.25, 0.3) is 11.8 Å². The normalized spacial score (nSPS) is 13.9. The topological polar surface area (TPSA) is 71.5 Å². The van der Waals surface area contributed by atoms with E-state index in [-0.39, 0.29) is 43.3 Å². The van der Waals surface area contributed by atoms with Crippen molar-refractivity contribution in [2.45, 2.75) is 52.4 Å². The Morgan fingerprint density at radius 1 is 0.605 bits per heavy atom. The fourth-order valence-electron chi connectivity index (χ4n) is 4.31. The van der Waals surface area contributed by atoms with Crippen LogP contribution in [0.2, 0.25) is 0 Å².